The largest absolute Gasteiger partial charge is 0.463 e. The van der Waals surface area contributed by atoms with Crippen molar-refractivity contribution in [3.05, 3.63) is 12.2 Å². The Bertz CT molecular complexity index is 495. The average molecular weight is 340 g/mol. The van der Waals surface area contributed by atoms with E-state index in [1.54, 1.807) is 6.92 Å². The predicted octanol–water partition coefficient (Wildman–Crippen LogP) is 1.40. The third-order valence-electron chi connectivity index (χ3n) is 4.09. The van der Waals surface area contributed by atoms with E-state index in [2.05, 4.69) is 6.58 Å². The van der Waals surface area contributed by atoms with Crippen molar-refractivity contribution in [3.63, 3.8) is 0 Å². The van der Waals surface area contributed by atoms with Gasteiger partial charge in [0.05, 0.1) is 18.4 Å². The van der Waals surface area contributed by atoms with Crippen LogP contribution in [0.25, 0.3) is 0 Å². The average Bonchev–Trinajstić information content (AvgIpc) is 3.40. The molecule has 7 heteroatoms. The number of epoxide rings is 1. The van der Waals surface area contributed by atoms with Crippen LogP contribution in [0.1, 0.15) is 32.6 Å². The maximum atomic E-state index is 12.2. The second kappa shape index (κ2) is 8.82. The molecule has 0 radical (unpaired) electrons. The minimum atomic E-state index is -0.521. The van der Waals surface area contributed by atoms with Crippen molar-refractivity contribution in [3.8, 4) is 0 Å². The van der Waals surface area contributed by atoms with E-state index < -0.39 is 23.8 Å². The standard InChI is InChI=1S/C17H24O7/c1-11(2)15(18)21-7-8-22-16(19)13-5-3-4-6-14(13)17(20)24-10-12-9-23-12/h12-14H,1,3-10H2,2H3. The fraction of sp³-hybridized carbons (Fsp3) is 0.706. The van der Waals surface area contributed by atoms with Crippen LogP contribution in [0.4, 0.5) is 0 Å². The molecule has 3 unspecified atom stereocenters. The zero-order valence-corrected chi connectivity index (χ0v) is 14.0. The molecule has 1 aliphatic carbocycles. The summed E-state index contributed by atoms with van der Waals surface area (Å²) in [5, 5.41) is 0. The molecule has 1 aliphatic heterocycles. The van der Waals surface area contributed by atoms with E-state index in [9.17, 15) is 14.4 Å². The highest BCUT2D eigenvalue weighted by Crippen LogP contribution is 2.32. The maximum Gasteiger partial charge on any atom is 0.333 e. The summed E-state index contributed by atoms with van der Waals surface area (Å²) in [5.74, 6) is -2.29. The first-order valence-corrected chi connectivity index (χ1v) is 8.26. The molecule has 7 nitrogen and oxygen atoms in total. The Morgan fingerprint density at radius 2 is 1.54 bits per heavy atom. The summed E-state index contributed by atoms with van der Waals surface area (Å²) < 4.78 is 20.2. The van der Waals surface area contributed by atoms with Gasteiger partial charge in [0.2, 0.25) is 0 Å². The zero-order chi connectivity index (χ0) is 17.5. The van der Waals surface area contributed by atoms with E-state index in [1.165, 1.54) is 0 Å². The van der Waals surface area contributed by atoms with E-state index in [0.29, 0.717) is 19.4 Å². The van der Waals surface area contributed by atoms with E-state index in [4.69, 9.17) is 18.9 Å². The van der Waals surface area contributed by atoms with Crippen LogP contribution in [0.3, 0.4) is 0 Å². The number of esters is 3. The Kier molecular flexibility index (Phi) is 6.78. The first-order chi connectivity index (χ1) is 11.5. The summed E-state index contributed by atoms with van der Waals surface area (Å²) >= 11 is 0. The Labute approximate surface area is 141 Å². The van der Waals surface area contributed by atoms with Gasteiger partial charge >= 0.3 is 17.9 Å². The van der Waals surface area contributed by atoms with Crippen LogP contribution < -0.4 is 0 Å². The highest BCUT2D eigenvalue weighted by molar-refractivity contribution is 5.87. The molecule has 0 N–H and O–H groups in total. The lowest BCUT2D eigenvalue weighted by Gasteiger charge is -2.28. The maximum absolute atomic E-state index is 12.2. The zero-order valence-electron chi connectivity index (χ0n) is 14.0. The molecule has 0 spiro atoms. The van der Waals surface area contributed by atoms with Gasteiger partial charge in [-0.25, -0.2) is 4.79 Å². The Balaban J connectivity index is 1.75. The first-order valence-electron chi connectivity index (χ1n) is 8.26. The minimum Gasteiger partial charge on any atom is -0.463 e. The highest BCUT2D eigenvalue weighted by atomic mass is 16.6. The van der Waals surface area contributed by atoms with E-state index >= 15 is 0 Å². The summed E-state index contributed by atoms with van der Waals surface area (Å²) in [6, 6.07) is 0. The van der Waals surface area contributed by atoms with Crippen molar-refractivity contribution in [2.24, 2.45) is 11.8 Å². The van der Waals surface area contributed by atoms with Crippen molar-refractivity contribution in [2.75, 3.05) is 26.4 Å². The first kappa shape index (κ1) is 18.4. The molecule has 0 aromatic heterocycles. The fourth-order valence-electron chi connectivity index (χ4n) is 2.65. The number of ether oxygens (including phenoxy) is 4. The molecule has 0 aromatic rings. The quantitative estimate of drug-likeness (QED) is 0.217. The third-order valence-corrected chi connectivity index (χ3v) is 4.09. The van der Waals surface area contributed by atoms with Crippen LogP contribution in [0.5, 0.6) is 0 Å². The van der Waals surface area contributed by atoms with Gasteiger partial charge in [-0.2, -0.15) is 0 Å². The van der Waals surface area contributed by atoms with Crippen LogP contribution in [-0.4, -0.2) is 50.4 Å². The van der Waals surface area contributed by atoms with Gasteiger partial charge in [-0.1, -0.05) is 19.4 Å². The van der Waals surface area contributed by atoms with Crippen LogP contribution in [-0.2, 0) is 33.3 Å². The fourth-order valence-corrected chi connectivity index (χ4v) is 2.65. The van der Waals surface area contributed by atoms with Gasteiger partial charge in [-0.05, 0) is 19.8 Å². The molecular weight excluding hydrogens is 316 g/mol. The van der Waals surface area contributed by atoms with Crippen molar-refractivity contribution in [1.82, 2.24) is 0 Å². The lowest BCUT2D eigenvalue weighted by Crippen LogP contribution is -2.35. The molecule has 0 bridgehead atoms. The normalized spacial score (nSPS) is 25.5. The Morgan fingerprint density at radius 3 is 2.08 bits per heavy atom. The van der Waals surface area contributed by atoms with E-state index in [1.807, 2.05) is 0 Å². The van der Waals surface area contributed by atoms with Gasteiger partial charge in [0, 0.05) is 5.57 Å². The van der Waals surface area contributed by atoms with Crippen molar-refractivity contribution < 1.29 is 33.3 Å². The highest BCUT2D eigenvalue weighted by Gasteiger charge is 2.38. The van der Waals surface area contributed by atoms with Gasteiger partial charge < -0.3 is 18.9 Å². The van der Waals surface area contributed by atoms with Crippen LogP contribution in [0.15, 0.2) is 12.2 Å². The number of hydrogen-bond donors (Lipinski definition) is 0. The second-order valence-corrected chi connectivity index (χ2v) is 6.17. The topological polar surface area (TPSA) is 91.4 Å². The number of carbonyl (C=O) groups is 3. The summed E-state index contributed by atoms with van der Waals surface area (Å²) in [6.45, 7) is 5.80. The minimum absolute atomic E-state index is 0.00550. The number of carbonyl (C=O) groups excluding carboxylic acids is 3. The van der Waals surface area contributed by atoms with E-state index in [0.717, 1.165) is 12.8 Å². The molecule has 134 valence electrons. The molecule has 2 aliphatic rings. The summed E-state index contributed by atoms with van der Waals surface area (Å²) in [5.41, 5.74) is 0.288. The predicted molar refractivity (Wildman–Crippen MR) is 82.9 cm³/mol. The van der Waals surface area contributed by atoms with Gasteiger partial charge in [-0.3, -0.25) is 9.59 Å². The SMILES string of the molecule is C=C(C)C(=O)OCCOC(=O)C1CCCCC1C(=O)OCC1CO1. The van der Waals surface area contributed by atoms with Gasteiger partial charge in [-0.15, -0.1) is 0 Å². The lowest BCUT2D eigenvalue weighted by molar-refractivity contribution is -0.164. The number of hydrogen-bond acceptors (Lipinski definition) is 7. The Morgan fingerprint density at radius 1 is 1.00 bits per heavy atom. The monoisotopic (exact) mass is 340 g/mol. The molecule has 1 saturated heterocycles. The van der Waals surface area contributed by atoms with Crippen molar-refractivity contribution in [1.29, 1.82) is 0 Å². The summed E-state index contributed by atoms with van der Waals surface area (Å²) in [4.78, 5) is 35.6. The molecular formula is C17H24O7. The smallest absolute Gasteiger partial charge is 0.333 e. The number of rotatable bonds is 8. The molecule has 0 aromatic carbocycles. The lowest BCUT2D eigenvalue weighted by atomic mass is 9.79. The van der Waals surface area contributed by atoms with Gasteiger partial charge in [0.1, 0.15) is 25.9 Å². The summed E-state index contributed by atoms with van der Waals surface area (Å²) in [7, 11) is 0. The second-order valence-electron chi connectivity index (χ2n) is 6.17. The summed E-state index contributed by atoms with van der Waals surface area (Å²) in [6.07, 6.45) is 2.99. The molecule has 1 saturated carbocycles. The van der Waals surface area contributed by atoms with Crippen molar-refractivity contribution in [2.45, 2.75) is 38.7 Å². The van der Waals surface area contributed by atoms with Gasteiger partial charge in [0.25, 0.3) is 0 Å². The van der Waals surface area contributed by atoms with E-state index in [-0.39, 0.29) is 37.5 Å². The molecule has 24 heavy (non-hydrogen) atoms. The molecule has 0 amide bonds. The molecule has 2 fully saturated rings. The third kappa shape index (κ3) is 5.63. The molecule has 1 heterocycles. The van der Waals surface area contributed by atoms with Crippen LogP contribution >= 0.6 is 0 Å². The van der Waals surface area contributed by atoms with Crippen LogP contribution in [0.2, 0.25) is 0 Å². The van der Waals surface area contributed by atoms with Gasteiger partial charge in [0.15, 0.2) is 0 Å². The molecule has 3 atom stereocenters. The van der Waals surface area contributed by atoms with Crippen LogP contribution in [0, 0.1) is 11.8 Å². The Hall–Kier alpha value is -1.89. The van der Waals surface area contributed by atoms with Crippen molar-refractivity contribution >= 4 is 17.9 Å². The molecule has 2 rings (SSSR count).